The second-order valence-electron chi connectivity index (χ2n) is 3.80. The second-order valence-corrected chi connectivity index (χ2v) is 5.67. The number of thiocarbonyl (C=S) groups is 1. The number of rotatable bonds is 2. The molecule has 0 aromatic carbocycles. The summed E-state index contributed by atoms with van der Waals surface area (Å²) in [5.74, 6) is -0.779. The first-order valence-corrected chi connectivity index (χ1v) is 6.16. The number of hydrogen-bond donors (Lipinski definition) is 1. The number of fused-ring (bicyclic) bond motifs is 1. The van der Waals surface area contributed by atoms with Crippen LogP contribution in [0.15, 0.2) is 0 Å². The van der Waals surface area contributed by atoms with Gasteiger partial charge in [0, 0.05) is 11.3 Å². The van der Waals surface area contributed by atoms with Crippen molar-refractivity contribution < 1.29 is 9.90 Å². The third-order valence-electron chi connectivity index (χ3n) is 2.86. The van der Waals surface area contributed by atoms with Crippen molar-refractivity contribution in [3.63, 3.8) is 0 Å². The molecule has 14 heavy (non-hydrogen) atoms. The molecule has 3 nitrogen and oxygen atoms in total. The molecule has 0 spiro atoms. The molecular weight excluding hydrogens is 218 g/mol. The van der Waals surface area contributed by atoms with Gasteiger partial charge in [-0.3, -0.25) is 4.79 Å². The van der Waals surface area contributed by atoms with E-state index in [1.165, 1.54) is 19.3 Å². The lowest BCUT2D eigenvalue weighted by Crippen LogP contribution is -2.41. The van der Waals surface area contributed by atoms with Gasteiger partial charge in [-0.05, 0) is 12.8 Å². The monoisotopic (exact) mass is 231 g/mol. The molecule has 2 fully saturated rings. The highest BCUT2D eigenvalue weighted by Crippen LogP contribution is 2.40. The fraction of sp³-hybridized carbons (Fsp3) is 0.778. The van der Waals surface area contributed by atoms with E-state index in [1.807, 2.05) is 4.90 Å². The van der Waals surface area contributed by atoms with E-state index >= 15 is 0 Å². The zero-order valence-corrected chi connectivity index (χ0v) is 9.44. The third kappa shape index (κ3) is 1.88. The maximum absolute atomic E-state index is 10.7. The molecule has 78 valence electrons. The largest absolute Gasteiger partial charge is 0.480 e. The average Bonchev–Trinajstić information content (AvgIpc) is 2.43. The zero-order chi connectivity index (χ0) is 10.1. The number of nitrogens with zero attached hydrogens (tertiary/aromatic N) is 1. The molecule has 0 amide bonds. The van der Waals surface area contributed by atoms with Crippen LogP contribution in [-0.4, -0.2) is 38.1 Å². The Labute approximate surface area is 92.8 Å². The van der Waals surface area contributed by atoms with Gasteiger partial charge in [-0.15, -0.1) is 0 Å². The van der Waals surface area contributed by atoms with Crippen molar-refractivity contribution >= 4 is 34.3 Å². The highest BCUT2D eigenvalue weighted by molar-refractivity contribution is 8.23. The van der Waals surface area contributed by atoms with Gasteiger partial charge >= 0.3 is 5.97 Å². The van der Waals surface area contributed by atoms with E-state index < -0.39 is 5.97 Å². The number of carboxylic acids is 1. The number of carbonyl (C=O) groups is 1. The van der Waals surface area contributed by atoms with E-state index in [0.29, 0.717) is 11.3 Å². The van der Waals surface area contributed by atoms with Crippen LogP contribution in [0.5, 0.6) is 0 Å². The van der Waals surface area contributed by atoms with E-state index in [9.17, 15) is 4.79 Å². The van der Waals surface area contributed by atoms with E-state index in [-0.39, 0.29) is 6.54 Å². The quantitative estimate of drug-likeness (QED) is 0.733. The van der Waals surface area contributed by atoms with Gasteiger partial charge in [0.1, 0.15) is 10.9 Å². The summed E-state index contributed by atoms with van der Waals surface area (Å²) in [4.78, 5) is 12.6. The molecule has 0 radical (unpaired) electrons. The normalized spacial score (nSPS) is 31.7. The first kappa shape index (κ1) is 10.2. The Bertz CT molecular complexity index is 270. The Kier molecular flexibility index (Phi) is 2.97. The van der Waals surface area contributed by atoms with Crippen LogP contribution in [0.25, 0.3) is 0 Å². The highest BCUT2D eigenvalue weighted by Gasteiger charge is 2.39. The standard InChI is InChI=1S/C9H13NO2S2/c11-8(12)5-10-6-3-1-2-4-7(6)14-9(10)13/h6-7H,1-5H2,(H,11,12). The molecule has 1 saturated carbocycles. The van der Waals surface area contributed by atoms with Gasteiger partial charge in [0.2, 0.25) is 0 Å². The lowest BCUT2D eigenvalue weighted by molar-refractivity contribution is -0.137. The molecule has 1 aliphatic carbocycles. The lowest BCUT2D eigenvalue weighted by atomic mass is 9.94. The van der Waals surface area contributed by atoms with Crippen LogP contribution in [-0.2, 0) is 4.79 Å². The number of thioether (sulfide) groups is 1. The summed E-state index contributed by atoms with van der Waals surface area (Å²) in [6.45, 7) is 0.0764. The first-order chi connectivity index (χ1) is 6.68. The van der Waals surface area contributed by atoms with E-state index in [4.69, 9.17) is 17.3 Å². The van der Waals surface area contributed by atoms with Crippen molar-refractivity contribution in [2.45, 2.75) is 37.0 Å². The molecule has 2 unspecified atom stereocenters. The Balaban J connectivity index is 2.07. The molecule has 2 atom stereocenters. The van der Waals surface area contributed by atoms with Crippen molar-refractivity contribution in [2.24, 2.45) is 0 Å². The summed E-state index contributed by atoms with van der Waals surface area (Å²) in [5, 5.41) is 9.32. The predicted molar refractivity (Wildman–Crippen MR) is 60.6 cm³/mol. The third-order valence-corrected chi connectivity index (χ3v) is 4.67. The maximum atomic E-state index is 10.7. The molecule has 0 aromatic heterocycles. The van der Waals surface area contributed by atoms with Gasteiger partial charge < -0.3 is 10.0 Å². The SMILES string of the molecule is O=C(O)CN1C(=S)SC2CCCCC21. The van der Waals surface area contributed by atoms with Crippen molar-refractivity contribution in [2.75, 3.05) is 6.54 Å². The average molecular weight is 231 g/mol. The number of hydrogen-bond acceptors (Lipinski definition) is 3. The van der Waals surface area contributed by atoms with Crippen LogP contribution in [0.1, 0.15) is 25.7 Å². The van der Waals surface area contributed by atoms with Gasteiger partial charge in [0.25, 0.3) is 0 Å². The minimum Gasteiger partial charge on any atom is -0.480 e. The van der Waals surface area contributed by atoms with E-state index in [0.717, 1.165) is 10.7 Å². The number of carboxylic acid groups (broad SMARTS) is 1. The van der Waals surface area contributed by atoms with Crippen LogP contribution in [0.2, 0.25) is 0 Å². The minimum atomic E-state index is -0.779. The van der Waals surface area contributed by atoms with Crippen molar-refractivity contribution in [3.8, 4) is 0 Å². The molecular formula is C9H13NO2S2. The minimum absolute atomic E-state index is 0.0764. The number of aliphatic carboxylic acids is 1. The molecule has 1 N–H and O–H groups in total. The Morgan fingerprint density at radius 3 is 3.00 bits per heavy atom. The van der Waals surface area contributed by atoms with E-state index in [1.54, 1.807) is 11.8 Å². The topological polar surface area (TPSA) is 40.5 Å². The van der Waals surface area contributed by atoms with Crippen LogP contribution in [0.3, 0.4) is 0 Å². The molecule has 1 aliphatic heterocycles. The van der Waals surface area contributed by atoms with Gasteiger partial charge in [-0.25, -0.2) is 0 Å². The molecule has 5 heteroatoms. The fourth-order valence-electron chi connectivity index (χ4n) is 2.23. The Hall–Kier alpha value is -0.290. The second kappa shape index (κ2) is 4.06. The predicted octanol–water partition coefficient (Wildman–Crippen LogP) is 1.72. The van der Waals surface area contributed by atoms with Crippen LogP contribution >= 0.6 is 24.0 Å². The van der Waals surface area contributed by atoms with Crippen LogP contribution in [0, 0.1) is 0 Å². The summed E-state index contributed by atoms with van der Waals surface area (Å²) < 4.78 is 0.782. The van der Waals surface area contributed by atoms with Gasteiger partial charge in [-0.1, -0.05) is 36.8 Å². The summed E-state index contributed by atoms with van der Waals surface area (Å²) in [6, 6.07) is 0.386. The lowest BCUT2D eigenvalue weighted by Gasteiger charge is -2.30. The van der Waals surface area contributed by atoms with Crippen LogP contribution < -0.4 is 0 Å². The van der Waals surface area contributed by atoms with Gasteiger partial charge in [0.05, 0.1) is 0 Å². The molecule has 1 heterocycles. The maximum Gasteiger partial charge on any atom is 0.323 e. The summed E-state index contributed by atoms with van der Waals surface area (Å²) in [6.07, 6.45) is 4.76. The summed E-state index contributed by atoms with van der Waals surface area (Å²) in [5.41, 5.74) is 0. The Morgan fingerprint density at radius 2 is 2.29 bits per heavy atom. The van der Waals surface area contributed by atoms with Gasteiger partial charge in [0.15, 0.2) is 0 Å². The molecule has 2 rings (SSSR count). The van der Waals surface area contributed by atoms with Crippen molar-refractivity contribution in [1.82, 2.24) is 4.90 Å². The molecule has 0 bridgehead atoms. The van der Waals surface area contributed by atoms with Crippen molar-refractivity contribution in [3.05, 3.63) is 0 Å². The zero-order valence-electron chi connectivity index (χ0n) is 7.81. The molecule has 1 saturated heterocycles. The first-order valence-electron chi connectivity index (χ1n) is 4.87. The molecule has 0 aromatic rings. The summed E-state index contributed by atoms with van der Waals surface area (Å²) >= 11 is 6.89. The highest BCUT2D eigenvalue weighted by atomic mass is 32.2. The molecule has 2 aliphatic rings. The fourth-order valence-corrected chi connectivity index (χ4v) is 4.12. The van der Waals surface area contributed by atoms with Crippen molar-refractivity contribution in [1.29, 1.82) is 0 Å². The van der Waals surface area contributed by atoms with Crippen LogP contribution in [0.4, 0.5) is 0 Å². The Morgan fingerprint density at radius 1 is 1.57 bits per heavy atom. The summed E-state index contributed by atoms with van der Waals surface area (Å²) in [7, 11) is 0. The van der Waals surface area contributed by atoms with E-state index in [2.05, 4.69) is 0 Å². The smallest absolute Gasteiger partial charge is 0.323 e. The van der Waals surface area contributed by atoms with Gasteiger partial charge in [-0.2, -0.15) is 0 Å².